The Morgan fingerprint density at radius 3 is 2.56 bits per heavy atom. The summed E-state index contributed by atoms with van der Waals surface area (Å²) in [6, 6.07) is 20.8. The molecule has 0 fully saturated rings. The largest absolute Gasteiger partial charge is 0.454 e. The van der Waals surface area contributed by atoms with Gasteiger partial charge < -0.3 is 19.7 Å². The van der Waals surface area contributed by atoms with Gasteiger partial charge in [0.25, 0.3) is 0 Å². The SMILES string of the molecule is O=C(NCc1ccc(F)cc1)C(c1cccs1)N(Cc1ccc2c(c1)OCO2)C(=O)Cn1nnc(-c2ccc(Cl)cc2)n1. The summed E-state index contributed by atoms with van der Waals surface area (Å²) in [4.78, 5) is 31.1. The number of ether oxygens (including phenoxy) is 2. The van der Waals surface area contributed by atoms with Crippen LogP contribution in [0.2, 0.25) is 5.02 Å². The normalized spacial score (nSPS) is 12.6. The van der Waals surface area contributed by atoms with Crippen LogP contribution in [0.15, 0.2) is 84.2 Å². The zero-order chi connectivity index (χ0) is 29.8. The van der Waals surface area contributed by atoms with E-state index in [2.05, 4.69) is 20.7 Å². The topological polar surface area (TPSA) is 111 Å². The number of tetrazole rings is 1. The summed E-state index contributed by atoms with van der Waals surface area (Å²) in [5, 5.41) is 17.9. The van der Waals surface area contributed by atoms with E-state index < -0.39 is 17.9 Å². The molecule has 10 nitrogen and oxygen atoms in total. The Morgan fingerprint density at radius 1 is 1.02 bits per heavy atom. The molecule has 0 bridgehead atoms. The predicted molar refractivity (Wildman–Crippen MR) is 157 cm³/mol. The second-order valence-corrected chi connectivity index (χ2v) is 11.0. The number of nitrogens with zero attached hydrogens (tertiary/aromatic N) is 5. The first kappa shape index (κ1) is 28.3. The number of fused-ring (bicyclic) bond motifs is 1. The van der Waals surface area contributed by atoms with Crippen LogP contribution in [0, 0.1) is 5.82 Å². The van der Waals surface area contributed by atoms with Crippen molar-refractivity contribution < 1.29 is 23.5 Å². The average molecular weight is 619 g/mol. The predicted octanol–water partition coefficient (Wildman–Crippen LogP) is 5.01. The number of aromatic nitrogens is 4. The quantitative estimate of drug-likeness (QED) is 0.234. The molecule has 218 valence electrons. The number of rotatable bonds is 10. The van der Waals surface area contributed by atoms with E-state index in [1.54, 1.807) is 54.6 Å². The lowest BCUT2D eigenvalue weighted by Crippen LogP contribution is -2.44. The Labute approximate surface area is 254 Å². The van der Waals surface area contributed by atoms with E-state index >= 15 is 0 Å². The molecule has 5 aromatic rings. The van der Waals surface area contributed by atoms with Crippen molar-refractivity contribution in [3.8, 4) is 22.9 Å². The fourth-order valence-corrected chi connectivity index (χ4v) is 5.52. The molecule has 43 heavy (non-hydrogen) atoms. The van der Waals surface area contributed by atoms with E-state index in [9.17, 15) is 14.0 Å². The molecule has 0 aliphatic carbocycles. The van der Waals surface area contributed by atoms with Gasteiger partial charge >= 0.3 is 0 Å². The Kier molecular flexibility index (Phi) is 8.29. The van der Waals surface area contributed by atoms with E-state index in [0.29, 0.717) is 32.8 Å². The summed E-state index contributed by atoms with van der Waals surface area (Å²) in [6.45, 7) is 0.0834. The minimum Gasteiger partial charge on any atom is -0.454 e. The lowest BCUT2D eigenvalue weighted by molar-refractivity contribution is -0.142. The molecule has 1 N–H and O–H groups in total. The van der Waals surface area contributed by atoms with Crippen molar-refractivity contribution in [2.75, 3.05) is 6.79 Å². The van der Waals surface area contributed by atoms with Gasteiger partial charge in [0, 0.05) is 28.6 Å². The number of halogens is 2. The zero-order valence-electron chi connectivity index (χ0n) is 22.5. The molecule has 0 radical (unpaired) electrons. The Balaban J connectivity index is 1.29. The average Bonchev–Trinajstić information content (AvgIpc) is 3.80. The minimum absolute atomic E-state index is 0.0841. The molecule has 0 spiro atoms. The van der Waals surface area contributed by atoms with Gasteiger partial charge in [-0.1, -0.05) is 35.9 Å². The van der Waals surface area contributed by atoms with Gasteiger partial charge in [-0.2, -0.15) is 4.80 Å². The maximum Gasteiger partial charge on any atom is 0.248 e. The lowest BCUT2D eigenvalue weighted by Gasteiger charge is -2.30. The number of carbonyl (C=O) groups excluding carboxylic acids is 2. The Morgan fingerprint density at radius 2 is 1.79 bits per heavy atom. The van der Waals surface area contributed by atoms with Gasteiger partial charge in [0.1, 0.15) is 18.4 Å². The van der Waals surface area contributed by atoms with E-state index in [1.165, 1.54) is 33.2 Å². The van der Waals surface area contributed by atoms with Gasteiger partial charge in [-0.15, -0.1) is 21.5 Å². The third-order valence-corrected chi connectivity index (χ3v) is 7.87. The number of hydrogen-bond donors (Lipinski definition) is 1. The van der Waals surface area contributed by atoms with Crippen molar-refractivity contribution in [1.82, 2.24) is 30.4 Å². The van der Waals surface area contributed by atoms with E-state index in [-0.39, 0.29) is 32.2 Å². The van der Waals surface area contributed by atoms with Gasteiger partial charge in [0.2, 0.25) is 24.4 Å². The summed E-state index contributed by atoms with van der Waals surface area (Å²) in [6.07, 6.45) is 0. The Hall–Kier alpha value is -4.81. The first-order chi connectivity index (χ1) is 20.9. The molecule has 2 amide bonds. The fourth-order valence-electron chi connectivity index (χ4n) is 4.56. The molecule has 1 unspecified atom stereocenters. The molecule has 6 rings (SSSR count). The minimum atomic E-state index is -0.974. The highest BCUT2D eigenvalue weighted by atomic mass is 35.5. The molecular formula is C30H24ClFN6O4S. The molecule has 2 aromatic heterocycles. The summed E-state index contributed by atoms with van der Waals surface area (Å²) >= 11 is 7.35. The summed E-state index contributed by atoms with van der Waals surface area (Å²) in [7, 11) is 0. The monoisotopic (exact) mass is 618 g/mol. The molecule has 13 heteroatoms. The maximum atomic E-state index is 14.0. The number of hydrogen-bond acceptors (Lipinski definition) is 8. The summed E-state index contributed by atoms with van der Waals surface area (Å²) in [5.74, 6) is 0.327. The zero-order valence-corrected chi connectivity index (χ0v) is 24.1. The first-order valence-corrected chi connectivity index (χ1v) is 14.5. The van der Waals surface area contributed by atoms with Crippen molar-refractivity contribution in [3.05, 3.63) is 111 Å². The molecule has 1 aliphatic heterocycles. The van der Waals surface area contributed by atoms with Gasteiger partial charge in [-0.3, -0.25) is 9.59 Å². The molecule has 3 heterocycles. The van der Waals surface area contributed by atoms with Gasteiger partial charge in [-0.05, 0) is 76.3 Å². The van der Waals surface area contributed by atoms with Crippen LogP contribution >= 0.6 is 22.9 Å². The van der Waals surface area contributed by atoms with Gasteiger partial charge in [-0.25, -0.2) is 4.39 Å². The standard InChI is InChI=1S/C30H24ClFN6O4S/c31-22-8-6-21(7-9-22)29-34-36-38(35-29)17-27(39)37(16-20-5-12-24-25(14-20)42-18-41-24)28(26-2-1-13-43-26)30(40)33-15-19-3-10-23(32)11-4-19/h1-14,28H,15-18H2,(H,33,40). The molecule has 1 aliphatic rings. The third-order valence-electron chi connectivity index (χ3n) is 6.69. The molecule has 3 aromatic carbocycles. The van der Waals surface area contributed by atoms with Crippen LogP contribution in [0.25, 0.3) is 11.4 Å². The number of nitrogens with one attached hydrogen (secondary N) is 1. The lowest BCUT2D eigenvalue weighted by atomic mass is 10.1. The Bertz CT molecular complexity index is 1730. The molecular weight excluding hydrogens is 595 g/mol. The highest BCUT2D eigenvalue weighted by Gasteiger charge is 2.33. The van der Waals surface area contributed by atoms with Crippen molar-refractivity contribution in [3.63, 3.8) is 0 Å². The highest BCUT2D eigenvalue weighted by Crippen LogP contribution is 2.34. The third kappa shape index (κ3) is 6.65. The number of thiophene rings is 1. The molecule has 0 saturated carbocycles. The van der Waals surface area contributed by atoms with Crippen molar-refractivity contribution >= 4 is 34.8 Å². The van der Waals surface area contributed by atoms with Crippen molar-refractivity contribution in [1.29, 1.82) is 0 Å². The van der Waals surface area contributed by atoms with E-state index in [0.717, 1.165) is 11.1 Å². The van der Waals surface area contributed by atoms with Crippen LogP contribution in [0.5, 0.6) is 11.5 Å². The first-order valence-electron chi connectivity index (χ1n) is 13.2. The number of amides is 2. The van der Waals surface area contributed by atoms with Crippen LogP contribution in [0.4, 0.5) is 4.39 Å². The molecule has 0 saturated heterocycles. The number of benzene rings is 3. The van der Waals surface area contributed by atoms with Crippen LogP contribution < -0.4 is 14.8 Å². The highest BCUT2D eigenvalue weighted by molar-refractivity contribution is 7.10. The second kappa shape index (κ2) is 12.6. The second-order valence-electron chi connectivity index (χ2n) is 9.62. The smallest absolute Gasteiger partial charge is 0.248 e. The van der Waals surface area contributed by atoms with Crippen LogP contribution in [0.3, 0.4) is 0 Å². The fraction of sp³-hybridized carbons (Fsp3) is 0.167. The van der Waals surface area contributed by atoms with Crippen LogP contribution in [-0.2, 0) is 29.2 Å². The van der Waals surface area contributed by atoms with Crippen LogP contribution in [-0.4, -0.2) is 43.7 Å². The summed E-state index contributed by atoms with van der Waals surface area (Å²) in [5.41, 5.74) is 2.14. The maximum absolute atomic E-state index is 14.0. The van der Waals surface area contributed by atoms with Crippen LogP contribution in [0.1, 0.15) is 22.0 Å². The van der Waals surface area contributed by atoms with E-state index in [4.69, 9.17) is 21.1 Å². The number of carbonyl (C=O) groups is 2. The summed E-state index contributed by atoms with van der Waals surface area (Å²) < 4.78 is 24.4. The van der Waals surface area contributed by atoms with Crippen molar-refractivity contribution in [2.24, 2.45) is 0 Å². The van der Waals surface area contributed by atoms with Crippen molar-refractivity contribution in [2.45, 2.75) is 25.7 Å². The molecule has 1 atom stereocenters. The van der Waals surface area contributed by atoms with E-state index in [1.807, 2.05) is 17.5 Å². The van der Waals surface area contributed by atoms with Gasteiger partial charge in [0.05, 0.1) is 0 Å². The van der Waals surface area contributed by atoms with Gasteiger partial charge in [0.15, 0.2) is 11.5 Å².